The molecular formula is C58H108N2O21. The third kappa shape index (κ3) is 25.3. The lowest BCUT2D eigenvalue weighted by Gasteiger charge is -2.50. The summed E-state index contributed by atoms with van der Waals surface area (Å²) < 4.78 is 34.7. The molecule has 14 N–H and O–H groups in total. The first-order chi connectivity index (χ1) is 38.9. The monoisotopic (exact) mass is 1170 g/mol. The first-order valence-electron chi connectivity index (χ1n) is 30.9. The number of aliphatic hydroxyl groups is 11. The number of unbranched alkanes of at least 4 members (excludes halogenated alkanes) is 25. The molecule has 0 saturated carbocycles. The summed E-state index contributed by atoms with van der Waals surface area (Å²) in [6.45, 7) is 2.17. The number of nitrogens with one attached hydrogen (secondary N) is 2. The Kier molecular flexibility index (Phi) is 36.9. The third-order valence-corrected chi connectivity index (χ3v) is 16.1. The van der Waals surface area contributed by atoms with Gasteiger partial charge in [-0.05, 0) is 12.8 Å². The van der Waals surface area contributed by atoms with Gasteiger partial charge in [-0.2, -0.15) is 0 Å². The number of hydrogen-bond acceptors (Lipinski definition) is 20. The van der Waals surface area contributed by atoms with Crippen LogP contribution in [0.3, 0.4) is 0 Å². The summed E-state index contributed by atoms with van der Waals surface area (Å²) in [6.07, 6.45) is 2.71. The van der Waals surface area contributed by atoms with Crippen LogP contribution in [0.2, 0.25) is 0 Å². The van der Waals surface area contributed by atoms with Crippen molar-refractivity contribution in [3.63, 3.8) is 0 Å². The molecule has 0 spiro atoms. The summed E-state index contributed by atoms with van der Waals surface area (Å²) in [5.74, 6) is -6.10. The maximum atomic E-state index is 13.4. The molecule has 0 aromatic heterocycles. The Labute approximate surface area is 480 Å². The summed E-state index contributed by atoms with van der Waals surface area (Å²) >= 11 is 0. The molecule has 18 unspecified atom stereocenters. The molecule has 18 atom stereocenters. The Morgan fingerprint density at radius 2 is 1.07 bits per heavy atom. The van der Waals surface area contributed by atoms with E-state index in [1.54, 1.807) is 0 Å². The lowest BCUT2D eigenvalue weighted by atomic mass is 9.88. The highest BCUT2D eigenvalue weighted by Gasteiger charge is 2.60. The number of aliphatic hydroxyl groups excluding tert-OH is 11. The molecule has 23 nitrogen and oxygen atoms in total. The maximum Gasteiger partial charge on any atom is 0.364 e. The van der Waals surface area contributed by atoms with Crippen molar-refractivity contribution in [2.24, 2.45) is 0 Å². The second kappa shape index (κ2) is 40.9. The van der Waals surface area contributed by atoms with Crippen LogP contribution in [-0.2, 0) is 42.8 Å². The van der Waals surface area contributed by atoms with Gasteiger partial charge < -0.3 is 100 Å². The highest BCUT2D eigenvalue weighted by atomic mass is 16.8. The van der Waals surface area contributed by atoms with Crippen molar-refractivity contribution < 1.29 is 104 Å². The van der Waals surface area contributed by atoms with E-state index < -0.39 is 148 Å². The van der Waals surface area contributed by atoms with E-state index in [1.807, 2.05) is 0 Å². The number of amides is 2. The molecule has 3 saturated heterocycles. The van der Waals surface area contributed by atoms with Crippen molar-refractivity contribution in [2.45, 2.75) is 323 Å². The van der Waals surface area contributed by atoms with Gasteiger partial charge in [0.2, 0.25) is 11.8 Å². The van der Waals surface area contributed by atoms with Gasteiger partial charge in [-0.3, -0.25) is 9.59 Å². The minimum atomic E-state index is -3.07. The SMILES string of the molecule is CCCCCCCCCCCCCCCCCC(O)C(COC1OC(CO)C(OC2OC(CO)C(O)C(OC3(C(=O)O)CC(O)C(NC(C)=O)C(C(O)C(O)CO)O3)C2O)C(O)C1O)NC(=O)CCCCCCCCCCCCCC. The molecule has 3 fully saturated rings. The van der Waals surface area contributed by atoms with E-state index in [2.05, 4.69) is 24.5 Å². The fourth-order valence-corrected chi connectivity index (χ4v) is 11.1. The van der Waals surface area contributed by atoms with Crippen molar-refractivity contribution >= 4 is 17.8 Å². The average molecular weight is 1170 g/mol. The summed E-state index contributed by atoms with van der Waals surface area (Å²) in [4.78, 5) is 38.4. The molecule has 2 amide bonds. The van der Waals surface area contributed by atoms with Crippen LogP contribution in [-0.4, -0.2) is 215 Å². The standard InChI is InChI=1S/C58H108N2O21/c1-4-6-8-10-12-14-16-18-19-20-21-23-25-27-29-31-40(65)39(60-45(68)32-30-28-26-24-22-17-15-13-11-9-7-5-2)37-76-55-50(72)49(71)52(44(36-63)78-55)79-56-51(73)54(48(70)43(35-62)77-56)81-58(57(74)75)33-41(66)46(59-38(3)64)53(80-58)47(69)42(67)34-61/h39-44,46-56,61-63,65-67,69-73H,4-37H2,1-3H3,(H,59,64)(H,60,68)(H,74,75). The molecule has 0 bridgehead atoms. The van der Waals surface area contributed by atoms with Crippen molar-refractivity contribution in [2.75, 3.05) is 26.4 Å². The number of ether oxygens (including phenoxy) is 6. The molecule has 3 aliphatic rings. The molecule has 0 aromatic carbocycles. The zero-order chi connectivity index (χ0) is 59.7. The highest BCUT2D eigenvalue weighted by molar-refractivity contribution is 5.77. The van der Waals surface area contributed by atoms with E-state index in [9.17, 15) is 75.7 Å². The predicted octanol–water partition coefficient (Wildman–Crippen LogP) is 3.00. The average Bonchev–Trinajstić information content (AvgIpc) is 3.53. The molecule has 23 heteroatoms. The second-order valence-corrected chi connectivity index (χ2v) is 22.9. The molecule has 3 heterocycles. The van der Waals surface area contributed by atoms with E-state index in [4.69, 9.17) is 28.4 Å². The largest absolute Gasteiger partial charge is 0.477 e. The first-order valence-corrected chi connectivity index (χ1v) is 30.9. The van der Waals surface area contributed by atoms with Crippen LogP contribution in [0.4, 0.5) is 0 Å². The molecular weight excluding hydrogens is 1060 g/mol. The minimum Gasteiger partial charge on any atom is -0.477 e. The topological polar surface area (TPSA) is 373 Å². The van der Waals surface area contributed by atoms with E-state index in [0.29, 0.717) is 19.3 Å². The zero-order valence-electron chi connectivity index (χ0n) is 48.9. The van der Waals surface area contributed by atoms with Gasteiger partial charge in [0.15, 0.2) is 12.6 Å². The van der Waals surface area contributed by atoms with Gasteiger partial charge in [0.25, 0.3) is 5.79 Å². The van der Waals surface area contributed by atoms with E-state index in [-0.39, 0.29) is 18.9 Å². The number of carbonyl (C=O) groups excluding carboxylic acids is 2. The zero-order valence-corrected chi connectivity index (χ0v) is 48.9. The lowest BCUT2D eigenvalue weighted by Crippen LogP contribution is -2.70. The maximum absolute atomic E-state index is 13.4. The van der Waals surface area contributed by atoms with Crippen molar-refractivity contribution in [3.8, 4) is 0 Å². The summed E-state index contributed by atoms with van der Waals surface area (Å²) in [5.41, 5.74) is 0. The number of carbonyl (C=O) groups is 3. The van der Waals surface area contributed by atoms with E-state index >= 15 is 0 Å². The number of aliphatic carboxylic acids is 1. The molecule has 476 valence electrons. The van der Waals surface area contributed by atoms with Gasteiger partial charge in [0.05, 0.1) is 50.7 Å². The van der Waals surface area contributed by atoms with Gasteiger partial charge in [0.1, 0.15) is 67.1 Å². The number of carboxylic acid groups (broad SMARTS) is 1. The Morgan fingerprint density at radius 3 is 1.54 bits per heavy atom. The fourth-order valence-electron chi connectivity index (χ4n) is 11.1. The van der Waals surface area contributed by atoms with Crippen LogP contribution >= 0.6 is 0 Å². The molecule has 0 aromatic rings. The molecule has 0 aliphatic carbocycles. The Bertz CT molecular complexity index is 1670. The Morgan fingerprint density at radius 1 is 0.593 bits per heavy atom. The van der Waals surface area contributed by atoms with Gasteiger partial charge >= 0.3 is 5.97 Å². The van der Waals surface area contributed by atoms with Crippen LogP contribution in [0, 0.1) is 0 Å². The van der Waals surface area contributed by atoms with Gasteiger partial charge in [-0.25, -0.2) is 4.79 Å². The van der Waals surface area contributed by atoms with Crippen molar-refractivity contribution in [1.82, 2.24) is 10.6 Å². The van der Waals surface area contributed by atoms with Crippen molar-refractivity contribution in [3.05, 3.63) is 0 Å². The third-order valence-electron chi connectivity index (χ3n) is 16.1. The van der Waals surface area contributed by atoms with Crippen LogP contribution in [0.25, 0.3) is 0 Å². The second-order valence-electron chi connectivity index (χ2n) is 22.9. The fraction of sp³-hybridized carbons (Fsp3) is 0.948. The van der Waals surface area contributed by atoms with Crippen LogP contribution in [0.1, 0.15) is 213 Å². The number of hydrogen-bond donors (Lipinski definition) is 14. The number of carboxylic acids is 1. The van der Waals surface area contributed by atoms with Gasteiger partial charge in [-0.15, -0.1) is 0 Å². The highest BCUT2D eigenvalue weighted by Crippen LogP contribution is 2.38. The predicted molar refractivity (Wildman–Crippen MR) is 297 cm³/mol. The first kappa shape index (κ1) is 73.0. The molecule has 3 aliphatic heterocycles. The lowest BCUT2D eigenvalue weighted by molar-refractivity contribution is -0.386. The Balaban J connectivity index is 1.66. The van der Waals surface area contributed by atoms with Crippen molar-refractivity contribution in [1.29, 1.82) is 0 Å². The van der Waals surface area contributed by atoms with E-state index in [0.717, 1.165) is 58.3 Å². The normalized spacial score (nSPS) is 30.4. The summed E-state index contributed by atoms with van der Waals surface area (Å²) in [7, 11) is 0. The molecule has 81 heavy (non-hydrogen) atoms. The van der Waals surface area contributed by atoms with Crippen LogP contribution in [0.15, 0.2) is 0 Å². The quantitative estimate of drug-likeness (QED) is 0.0390. The van der Waals surface area contributed by atoms with Gasteiger partial charge in [-0.1, -0.05) is 181 Å². The van der Waals surface area contributed by atoms with Gasteiger partial charge in [0, 0.05) is 19.8 Å². The summed E-state index contributed by atoms with van der Waals surface area (Å²) in [6, 6.07) is -2.52. The van der Waals surface area contributed by atoms with Crippen LogP contribution in [0.5, 0.6) is 0 Å². The summed E-state index contributed by atoms with van der Waals surface area (Å²) in [5, 5.41) is 136. The minimum absolute atomic E-state index is 0.228. The Hall–Kier alpha value is -2.27. The molecule has 3 rings (SSSR count). The van der Waals surface area contributed by atoms with E-state index in [1.165, 1.54) is 109 Å². The molecule has 0 radical (unpaired) electrons. The number of rotatable bonds is 45. The van der Waals surface area contributed by atoms with Crippen LogP contribution < -0.4 is 10.6 Å². The smallest absolute Gasteiger partial charge is 0.364 e.